The van der Waals surface area contributed by atoms with Gasteiger partial charge in [0, 0.05) is 49.5 Å². The van der Waals surface area contributed by atoms with Crippen molar-refractivity contribution < 1.29 is 9.90 Å². The van der Waals surface area contributed by atoms with Crippen LogP contribution in [0.1, 0.15) is 36.5 Å². The van der Waals surface area contributed by atoms with Crippen LogP contribution in [-0.2, 0) is 0 Å². The van der Waals surface area contributed by atoms with Gasteiger partial charge in [-0.05, 0) is 50.5 Å². The Labute approximate surface area is 181 Å². The van der Waals surface area contributed by atoms with E-state index in [0.29, 0.717) is 43.0 Å². The van der Waals surface area contributed by atoms with E-state index in [9.17, 15) is 9.90 Å². The minimum atomic E-state index is -0.402. The summed E-state index contributed by atoms with van der Waals surface area (Å²) in [6, 6.07) is 7.07. The van der Waals surface area contributed by atoms with Crippen molar-refractivity contribution in [2.24, 2.45) is 11.5 Å². The number of benzene rings is 1. The van der Waals surface area contributed by atoms with Gasteiger partial charge in [0.2, 0.25) is 17.8 Å². The van der Waals surface area contributed by atoms with Gasteiger partial charge in [0.1, 0.15) is 0 Å². The maximum Gasteiger partial charge on any atom is 0.233 e. The molecule has 2 fully saturated rings. The minimum Gasteiger partial charge on any atom is -0.391 e. The van der Waals surface area contributed by atoms with Crippen molar-refractivity contribution in [3.63, 3.8) is 0 Å². The number of aromatic nitrogens is 3. The zero-order valence-corrected chi connectivity index (χ0v) is 17.7. The maximum atomic E-state index is 11.5. The zero-order valence-electron chi connectivity index (χ0n) is 17.7. The van der Waals surface area contributed by atoms with Gasteiger partial charge in [-0.25, -0.2) is 0 Å². The van der Waals surface area contributed by atoms with E-state index in [1.54, 1.807) is 12.1 Å². The third-order valence-corrected chi connectivity index (χ3v) is 5.64. The van der Waals surface area contributed by atoms with E-state index < -0.39 is 6.10 Å². The summed E-state index contributed by atoms with van der Waals surface area (Å²) in [5, 5.41) is 13.3. The summed E-state index contributed by atoms with van der Waals surface area (Å²) in [5.74, 6) is 1.43. The van der Waals surface area contributed by atoms with Crippen LogP contribution >= 0.6 is 0 Å². The molecule has 10 nitrogen and oxygen atoms in total. The number of carbonyl (C=O) groups excluding carboxylic acids is 1. The summed E-state index contributed by atoms with van der Waals surface area (Å²) < 4.78 is 0. The predicted octanol–water partition coefficient (Wildman–Crippen LogP) is 0.644. The molecule has 2 aromatic rings. The number of aliphatic hydroxyl groups is 1. The van der Waals surface area contributed by atoms with Crippen LogP contribution in [0, 0.1) is 0 Å². The van der Waals surface area contributed by atoms with Gasteiger partial charge in [0.25, 0.3) is 0 Å². The Bertz CT molecular complexity index is 912. The van der Waals surface area contributed by atoms with Crippen LogP contribution in [-0.4, -0.2) is 70.2 Å². The lowest BCUT2D eigenvalue weighted by Gasteiger charge is -2.35. The lowest BCUT2D eigenvalue weighted by Crippen LogP contribution is -2.53. The fourth-order valence-electron chi connectivity index (χ4n) is 4.09. The molecule has 2 aliphatic heterocycles. The maximum absolute atomic E-state index is 11.5. The first-order chi connectivity index (χ1) is 14.9. The number of anilines is 4. The number of nitrogens with two attached hydrogens (primary N) is 2. The van der Waals surface area contributed by atoms with Crippen LogP contribution in [0.15, 0.2) is 24.3 Å². The molecule has 0 radical (unpaired) electrons. The van der Waals surface area contributed by atoms with Crippen LogP contribution < -0.4 is 26.6 Å². The molecule has 2 aliphatic rings. The Kier molecular flexibility index (Phi) is 6.30. The number of nitrogens with one attached hydrogen (secondary N) is 1. The fourth-order valence-corrected chi connectivity index (χ4v) is 4.09. The molecule has 1 unspecified atom stereocenters. The normalized spacial score (nSPS) is 24.2. The first-order valence-corrected chi connectivity index (χ1v) is 10.7. The number of rotatable bonds is 5. The summed E-state index contributed by atoms with van der Waals surface area (Å²) in [6.07, 6.45) is 2.01. The average molecular weight is 427 g/mol. The molecule has 3 heterocycles. The van der Waals surface area contributed by atoms with Crippen molar-refractivity contribution in [2.45, 2.75) is 44.4 Å². The minimum absolute atomic E-state index is 0.0118. The molecule has 31 heavy (non-hydrogen) atoms. The van der Waals surface area contributed by atoms with Crippen molar-refractivity contribution in [1.82, 2.24) is 15.0 Å². The highest BCUT2D eigenvalue weighted by Gasteiger charge is 2.27. The van der Waals surface area contributed by atoms with Crippen molar-refractivity contribution >= 4 is 29.3 Å². The predicted molar refractivity (Wildman–Crippen MR) is 120 cm³/mol. The summed E-state index contributed by atoms with van der Waals surface area (Å²) in [4.78, 5) is 29.4. The van der Waals surface area contributed by atoms with Crippen LogP contribution in [0.3, 0.4) is 0 Å². The summed E-state index contributed by atoms with van der Waals surface area (Å²) in [6.45, 7) is 4.02. The zero-order chi connectivity index (χ0) is 22.0. The number of β-amino-alcohol motifs (C(OH)–C–C–N with tert-alkyl or cyclic N) is 1. The Morgan fingerprint density at radius 1 is 1.03 bits per heavy atom. The molecule has 0 amide bonds. The molecule has 6 N–H and O–H groups in total. The number of ketones is 1. The Morgan fingerprint density at radius 2 is 1.68 bits per heavy atom. The van der Waals surface area contributed by atoms with Gasteiger partial charge >= 0.3 is 0 Å². The first-order valence-electron chi connectivity index (χ1n) is 10.7. The van der Waals surface area contributed by atoms with Crippen LogP contribution in [0.5, 0.6) is 0 Å². The Morgan fingerprint density at radius 3 is 2.29 bits per heavy atom. The largest absolute Gasteiger partial charge is 0.391 e. The average Bonchev–Trinajstić information content (AvgIpc) is 2.73. The molecule has 2 saturated heterocycles. The smallest absolute Gasteiger partial charge is 0.233 e. The number of aliphatic hydroxyl groups excluding tert-OH is 1. The van der Waals surface area contributed by atoms with Crippen LogP contribution in [0.2, 0.25) is 0 Å². The van der Waals surface area contributed by atoms with Gasteiger partial charge in [-0.2, -0.15) is 15.0 Å². The number of hydrogen-bond acceptors (Lipinski definition) is 10. The molecule has 3 atom stereocenters. The summed E-state index contributed by atoms with van der Waals surface area (Å²) in [7, 11) is 0. The number of piperidine rings is 2. The van der Waals surface area contributed by atoms with Crippen LogP contribution in [0.25, 0.3) is 0 Å². The standard InChI is InChI=1S/C21H30N8O2/c1-13(30)14-4-6-17(7-5-14)24-19-25-20(28-8-2-3-18(31)12-28)27-21(26-19)29-10-15(22)9-16(23)11-29/h4-7,15-16,18,31H,2-3,8-12,22-23H2,1H3,(H,24,25,26,27)/t15-,16+,18?. The van der Waals surface area contributed by atoms with Crippen LogP contribution in [0.4, 0.5) is 23.5 Å². The lowest BCUT2D eigenvalue weighted by molar-refractivity contribution is 0.101. The molecule has 10 heteroatoms. The quantitative estimate of drug-likeness (QED) is 0.502. The van der Waals surface area contributed by atoms with Gasteiger partial charge in [-0.1, -0.05) is 0 Å². The highest BCUT2D eigenvalue weighted by molar-refractivity contribution is 5.94. The Hall–Kier alpha value is -2.82. The van der Waals surface area contributed by atoms with E-state index >= 15 is 0 Å². The van der Waals surface area contributed by atoms with Gasteiger partial charge < -0.3 is 31.7 Å². The molecular weight excluding hydrogens is 396 g/mol. The van der Waals surface area contributed by atoms with E-state index in [1.807, 2.05) is 21.9 Å². The second-order valence-electron chi connectivity index (χ2n) is 8.42. The van der Waals surface area contributed by atoms with Gasteiger partial charge in [-0.3, -0.25) is 4.79 Å². The highest BCUT2D eigenvalue weighted by Crippen LogP contribution is 2.24. The summed E-state index contributed by atoms with van der Waals surface area (Å²) >= 11 is 0. The molecule has 1 aromatic heterocycles. The van der Waals surface area contributed by atoms with Crippen molar-refractivity contribution in [3.05, 3.63) is 29.8 Å². The van der Waals surface area contributed by atoms with E-state index in [2.05, 4.69) is 20.3 Å². The number of nitrogens with zero attached hydrogens (tertiary/aromatic N) is 5. The monoisotopic (exact) mass is 426 g/mol. The molecule has 166 valence electrons. The number of Topliss-reactive ketones (excluding diaryl/α,β-unsaturated/α-hetero) is 1. The third-order valence-electron chi connectivity index (χ3n) is 5.64. The number of hydrogen-bond donors (Lipinski definition) is 4. The van der Waals surface area contributed by atoms with Crippen molar-refractivity contribution in [2.75, 3.05) is 41.3 Å². The van der Waals surface area contributed by atoms with Crippen molar-refractivity contribution in [3.8, 4) is 0 Å². The third kappa shape index (κ3) is 5.27. The summed E-state index contributed by atoms with van der Waals surface area (Å²) in [5.41, 5.74) is 13.7. The van der Waals surface area contributed by atoms with Crippen molar-refractivity contribution in [1.29, 1.82) is 0 Å². The molecular formula is C21H30N8O2. The fraction of sp³-hybridized carbons (Fsp3) is 0.524. The van der Waals surface area contributed by atoms with Gasteiger partial charge in [0.15, 0.2) is 5.78 Å². The second-order valence-corrected chi connectivity index (χ2v) is 8.42. The molecule has 0 aliphatic carbocycles. The van der Waals surface area contributed by atoms with E-state index in [-0.39, 0.29) is 17.9 Å². The number of carbonyl (C=O) groups is 1. The van der Waals surface area contributed by atoms with E-state index in [1.165, 1.54) is 6.92 Å². The molecule has 0 spiro atoms. The van der Waals surface area contributed by atoms with Gasteiger partial charge in [-0.15, -0.1) is 0 Å². The molecule has 0 saturated carbocycles. The lowest BCUT2D eigenvalue weighted by atomic mass is 10.0. The molecule has 1 aromatic carbocycles. The first kappa shape index (κ1) is 21.4. The second kappa shape index (κ2) is 9.13. The topological polar surface area (TPSA) is 147 Å². The Balaban J connectivity index is 1.64. The van der Waals surface area contributed by atoms with E-state index in [4.69, 9.17) is 11.5 Å². The highest BCUT2D eigenvalue weighted by atomic mass is 16.3. The van der Waals surface area contributed by atoms with E-state index in [0.717, 1.165) is 31.5 Å². The molecule has 4 rings (SSSR count). The van der Waals surface area contributed by atoms with Gasteiger partial charge in [0.05, 0.1) is 6.10 Å². The molecule has 0 bridgehead atoms. The SMILES string of the molecule is CC(=O)c1ccc(Nc2nc(N3CCCC(O)C3)nc(N3C[C@H](N)C[C@H](N)C3)n2)cc1.